The molecule has 0 amide bonds. The van der Waals surface area contributed by atoms with E-state index >= 15 is 0 Å². The van der Waals surface area contributed by atoms with Gasteiger partial charge in [-0.25, -0.2) is 13.6 Å². The molecular formula is C6H6BrN3O4S. The molecule has 0 saturated heterocycles. The van der Waals surface area contributed by atoms with Gasteiger partial charge < -0.3 is 5.73 Å². The predicted octanol–water partition coefficient (Wildman–Crippen LogP) is 0.587. The summed E-state index contributed by atoms with van der Waals surface area (Å²) >= 11 is 2.90. The van der Waals surface area contributed by atoms with E-state index in [4.69, 9.17) is 10.9 Å². The third-order valence-corrected chi connectivity index (χ3v) is 3.45. The van der Waals surface area contributed by atoms with Crippen LogP contribution in [0.15, 0.2) is 21.5 Å². The molecule has 0 spiro atoms. The second kappa shape index (κ2) is 3.76. The van der Waals surface area contributed by atoms with Gasteiger partial charge >= 0.3 is 0 Å². The molecule has 9 heteroatoms. The number of primary sulfonamides is 1. The van der Waals surface area contributed by atoms with E-state index in [1.54, 1.807) is 0 Å². The normalized spacial score (nSPS) is 11.3. The summed E-state index contributed by atoms with van der Waals surface area (Å²) in [7, 11) is -4.01. The maximum atomic E-state index is 11.0. The summed E-state index contributed by atoms with van der Waals surface area (Å²) in [5.41, 5.74) is 4.69. The number of nitrogen functional groups attached to an aromatic ring is 1. The molecule has 0 aliphatic carbocycles. The van der Waals surface area contributed by atoms with Gasteiger partial charge in [-0.15, -0.1) is 0 Å². The lowest BCUT2D eigenvalue weighted by molar-refractivity contribution is -0.384. The first-order valence-electron chi connectivity index (χ1n) is 3.49. The first-order chi connectivity index (χ1) is 6.73. The van der Waals surface area contributed by atoms with Gasteiger partial charge in [0.2, 0.25) is 10.0 Å². The average molecular weight is 296 g/mol. The third-order valence-electron chi connectivity index (χ3n) is 1.58. The Kier molecular flexibility index (Phi) is 2.98. The van der Waals surface area contributed by atoms with Crippen LogP contribution in [-0.4, -0.2) is 13.3 Å². The maximum Gasteiger partial charge on any atom is 0.293 e. The quantitative estimate of drug-likeness (QED) is 0.468. The molecule has 0 aromatic heterocycles. The van der Waals surface area contributed by atoms with Gasteiger partial charge in [0.15, 0.2) is 0 Å². The van der Waals surface area contributed by atoms with E-state index in [1.807, 2.05) is 0 Å². The molecule has 0 saturated carbocycles. The van der Waals surface area contributed by atoms with Crippen LogP contribution in [-0.2, 0) is 10.0 Å². The van der Waals surface area contributed by atoms with Crippen LogP contribution in [0.4, 0.5) is 11.4 Å². The summed E-state index contributed by atoms with van der Waals surface area (Å²) < 4.78 is 22.1. The molecular weight excluding hydrogens is 290 g/mol. The lowest BCUT2D eigenvalue weighted by Crippen LogP contribution is -2.13. The number of nitro benzene ring substituents is 1. The Balaban J connectivity index is 3.58. The first-order valence-corrected chi connectivity index (χ1v) is 5.83. The molecule has 0 radical (unpaired) electrons. The van der Waals surface area contributed by atoms with Crippen LogP contribution < -0.4 is 10.9 Å². The van der Waals surface area contributed by atoms with Gasteiger partial charge in [-0.05, 0) is 22.0 Å². The van der Waals surface area contributed by atoms with E-state index in [-0.39, 0.29) is 15.1 Å². The van der Waals surface area contributed by atoms with Gasteiger partial charge in [0.05, 0.1) is 4.92 Å². The lowest BCUT2D eigenvalue weighted by Gasteiger charge is -2.03. The van der Waals surface area contributed by atoms with Gasteiger partial charge in [0.25, 0.3) is 5.69 Å². The highest BCUT2D eigenvalue weighted by atomic mass is 79.9. The van der Waals surface area contributed by atoms with Crippen molar-refractivity contribution in [1.29, 1.82) is 0 Å². The Morgan fingerprint density at radius 1 is 1.40 bits per heavy atom. The molecule has 4 N–H and O–H groups in total. The lowest BCUT2D eigenvalue weighted by atomic mass is 10.3. The minimum atomic E-state index is -4.01. The molecule has 0 unspecified atom stereocenters. The fourth-order valence-electron chi connectivity index (χ4n) is 0.934. The predicted molar refractivity (Wildman–Crippen MR) is 56.6 cm³/mol. The van der Waals surface area contributed by atoms with Crippen LogP contribution in [0, 0.1) is 10.1 Å². The molecule has 7 nitrogen and oxygen atoms in total. The summed E-state index contributed by atoms with van der Waals surface area (Å²) in [6.45, 7) is 0. The molecule has 1 rings (SSSR count). The summed E-state index contributed by atoms with van der Waals surface area (Å²) in [5, 5.41) is 15.3. The van der Waals surface area contributed by atoms with Gasteiger partial charge in [0, 0.05) is 10.5 Å². The van der Waals surface area contributed by atoms with Gasteiger partial charge in [-0.1, -0.05) is 0 Å². The van der Waals surface area contributed by atoms with Gasteiger partial charge in [-0.3, -0.25) is 10.1 Å². The van der Waals surface area contributed by atoms with Crippen molar-refractivity contribution in [2.75, 3.05) is 5.73 Å². The molecule has 15 heavy (non-hydrogen) atoms. The van der Waals surface area contributed by atoms with Gasteiger partial charge in [0.1, 0.15) is 10.6 Å². The zero-order valence-electron chi connectivity index (χ0n) is 7.18. The minimum Gasteiger partial charge on any atom is -0.393 e. The number of hydrogen-bond donors (Lipinski definition) is 2. The van der Waals surface area contributed by atoms with Crippen molar-refractivity contribution in [3.05, 3.63) is 26.7 Å². The number of nitro groups is 1. The van der Waals surface area contributed by atoms with Gasteiger partial charge in [-0.2, -0.15) is 0 Å². The number of sulfonamides is 1. The van der Waals surface area contributed by atoms with Crippen LogP contribution in [0.1, 0.15) is 0 Å². The van der Waals surface area contributed by atoms with Crippen LogP contribution in [0.3, 0.4) is 0 Å². The van der Waals surface area contributed by atoms with Crippen molar-refractivity contribution >= 4 is 37.3 Å². The second-order valence-corrected chi connectivity index (χ2v) is 5.03. The zero-order chi connectivity index (χ0) is 11.8. The Labute approximate surface area is 93.4 Å². The number of anilines is 1. The van der Waals surface area contributed by atoms with E-state index in [2.05, 4.69) is 15.9 Å². The van der Waals surface area contributed by atoms with Crippen LogP contribution >= 0.6 is 15.9 Å². The molecule has 0 heterocycles. The number of nitrogens with two attached hydrogens (primary N) is 2. The number of halogens is 1. The molecule has 0 aliphatic heterocycles. The second-order valence-electron chi connectivity index (χ2n) is 2.64. The number of rotatable bonds is 2. The fourth-order valence-corrected chi connectivity index (χ4v) is 2.58. The fraction of sp³-hybridized carbons (Fsp3) is 0. The molecule has 0 aliphatic rings. The Bertz CT molecular complexity index is 527. The van der Waals surface area contributed by atoms with Crippen molar-refractivity contribution in [1.82, 2.24) is 0 Å². The van der Waals surface area contributed by atoms with E-state index in [1.165, 1.54) is 0 Å². The number of nitrogens with zero attached hydrogens (tertiary/aromatic N) is 1. The van der Waals surface area contributed by atoms with E-state index in [0.29, 0.717) is 0 Å². The topological polar surface area (TPSA) is 129 Å². The largest absolute Gasteiger partial charge is 0.393 e. The van der Waals surface area contributed by atoms with Crippen molar-refractivity contribution in [2.24, 2.45) is 5.14 Å². The van der Waals surface area contributed by atoms with E-state index < -0.39 is 20.6 Å². The standard InChI is InChI=1S/C6H6BrN3O4S/c7-3-1-4(8)5(10(11)12)2-6(3)15(9,13)14/h1-2H,8H2,(H2,9,13,14). The minimum absolute atomic E-state index is 0.0908. The van der Waals surface area contributed by atoms with Crippen molar-refractivity contribution < 1.29 is 13.3 Å². The average Bonchev–Trinajstić information content (AvgIpc) is 2.00. The highest BCUT2D eigenvalue weighted by molar-refractivity contribution is 9.10. The first kappa shape index (κ1) is 11.9. The van der Waals surface area contributed by atoms with Crippen molar-refractivity contribution in [3.63, 3.8) is 0 Å². The summed E-state index contributed by atoms with van der Waals surface area (Å²) in [5.74, 6) is 0. The van der Waals surface area contributed by atoms with E-state index in [9.17, 15) is 18.5 Å². The maximum absolute atomic E-state index is 11.0. The molecule has 1 aromatic carbocycles. The van der Waals surface area contributed by atoms with Crippen molar-refractivity contribution in [2.45, 2.75) is 4.90 Å². The summed E-state index contributed by atoms with van der Waals surface area (Å²) in [6.07, 6.45) is 0. The smallest absolute Gasteiger partial charge is 0.293 e. The Morgan fingerprint density at radius 2 is 1.93 bits per heavy atom. The number of benzene rings is 1. The SMILES string of the molecule is Nc1cc(Br)c(S(N)(=O)=O)cc1[N+](=O)[O-]. The molecule has 82 valence electrons. The summed E-state index contributed by atoms with van der Waals surface area (Å²) in [6, 6.07) is 1.94. The van der Waals surface area contributed by atoms with Crippen molar-refractivity contribution in [3.8, 4) is 0 Å². The summed E-state index contributed by atoms with van der Waals surface area (Å²) in [4.78, 5) is 9.33. The van der Waals surface area contributed by atoms with Crippen LogP contribution in [0.5, 0.6) is 0 Å². The molecule has 1 aromatic rings. The monoisotopic (exact) mass is 295 g/mol. The van der Waals surface area contributed by atoms with E-state index in [0.717, 1.165) is 12.1 Å². The molecule has 0 atom stereocenters. The molecule has 0 bridgehead atoms. The zero-order valence-corrected chi connectivity index (χ0v) is 9.58. The Morgan fingerprint density at radius 3 is 2.33 bits per heavy atom. The number of hydrogen-bond acceptors (Lipinski definition) is 5. The Hall–Kier alpha value is -1.19. The van der Waals surface area contributed by atoms with Crippen LogP contribution in [0.2, 0.25) is 0 Å². The third kappa shape index (κ3) is 2.43. The highest BCUT2D eigenvalue weighted by Crippen LogP contribution is 2.31. The molecule has 0 fully saturated rings. The van der Waals surface area contributed by atoms with Crippen LogP contribution in [0.25, 0.3) is 0 Å². The highest BCUT2D eigenvalue weighted by Gasteiger charge is 2.20.